The molecule has 0 saturated heterocycles. The van der Waals surface area contributed by atoms with Crippen LogP contribution in [0.5, 0.6) is 23.0 Å². The second kappa shape index (κ2) is 8.33. The van der Waals surface area contributed by atoms with Gasteiger partial charge in [-0.15, -0.1) is 0 Å². The van der Waals surface area contributed by atoms with Crippen LogP contribution in [0.15, 0.2) is 121 Å². The molecule has 1 aliphatic heterocycles. The first-order valence-electron chi connectivity index (χ1n) is 11.0. The Hall–Kier alpha value is -4.14. The molecule has 2 heterocycles. The van der Waals surface area contributed by atoms with Crippen molar-refractivity contribution in [3.63, 3.8) is 0 Å². The molecule has 0 fully saturated rings. The molecule has 0 bridgehead atoms. The lowest BCUT2D eigenvalue weighted by Gasteiger charge is -2.15. The molecular weight excluding hydrogens is 441 g/mol. The van der Waals surface area contributed by atoms with E-state index in [2.05, 4.69) is 4.98 Å². The smallest absolute Gasteiger partial charge is 0.189 e. The van der Waals surface area contributed by atoms with Gasteiger partial charge >= 0.3 is 0 Å². The van der Waals surface area contributed by atoms with Crippen LogP contribution in [-0.4, -0.2) is 4.98 Å². The van der Waals surface area contributed by atoms with Gasteiger partial charge in [0.1, 0.15) is 28.4 Å². The number of ether oxygens (including phenoxy) is 2. The van der Waals surface area contributed by atoms with Gasteiger partial charge < -0.3 is 14.0 Å². The number of hydrogen-bond acceptors (Lipinski definition) is 4. The maximum atomic E-state index is 14.6. The number of para-hydroxylation sites is 1. The lowest BCUT2D eigenvalue weighted by molar-refractivity contribution is 0.460. The van der Waals surface area contributed by atoms with Gasteiger partial charge in [-0.1, -0.05) is 54.6 Å². The van der Waals surface area contributed by atoms with Gasteiger partial charge in [-0.05, 0) is 65.7 Å². The van der Waals surface area contributed by atoms with Crippen molar-refractivity contribution in [2.45, 2.75) is 0 Å². The highest BCUT2D eigenvalue weighted by molar-refractivity contribution is 7.86. The first-order chi connectivity index (χ1) is 16.7. The molecule has 0 N–H and O–H groups in total. The van der Waals surface area contributed by atoms with Crippen LogP contribution in [0.1, 0.15) is 0 Å². The Bertz CT molecular complexity index is 1530. The lowest BCUT2D eigenvalue weighted by Crippen LogP contribution is -2.23. The molecule has 6 rings (SSSR count). The summed E-state index contributed by atoms with van der Waals surface area (Å²) in [6.07, 6.45) is 1.69. The molecule has 5 aromatic rings. The van der Waals surface area contributed by atoms with Gasteiger partial charge in [-0.25, -0.2) is 0 Å². The molecule has 1 atom stereocenters. The average Bonchev–Trinajstić information content (AvgIpc) is 3.14. The zero-order valence-electron chi connectivity index (χ0n) is 18.2. The van der Waals surface area contributed by atoms with E-state index in [1.165, 1.54) is 0 Å². The van der Waals surface area contributed by atoms with E-state index >= 15 is 0 Å². The highest BCUT2D eigenvalue weighted by Gasteiger charge is 2.41. The lowest BCUT2D eigenvalue weighted by atomic mass is 10.1. The number of nitrogens with zero attached hydrogens (tertiary/aromatic N) is 1. The van der Waals surface area contributed by atoms with Gasteiger partial charge in [-0.3, -0.25) is 4.98 Å². The van der Waals surface area contributed by atoms with E-state index < -0.39 is 7.14 Å². The first kappa shape index (κ1) is 20.5. The van der Waals surface area contributed by atoms with Gasteiger partial charge in [0, 0.05) is 22.9 Å². The van der Waals surface area contributed by atoms with E-state index in [0.29, 0.717) is 22.7 Å². The van der Waals surface area contributed by atoms with Crippen LogP contribution in [-0.2, 0) is 4.57 Å². The van der Waals surface area contributed by atoms with Crippen molar-refractivity contribution in [2.75, 3.05) is 0 Å². The number of rotatable bonds is 5. The summed E-state index contributed by atoms with van der Waals surface area (Å²) >= 11 is 0. The number of pyridine rings is 1. The molecule has 1 unspecified atom stereocenters. The minimum absolute atomic E-state index is 0.580. The zero-order valence-corrected chi connectivity index (χ0v) is 19.1. The van der Waals surface area contributed by atoms with E-state index in [9.17, 15) is 4.57 Å². The highest BCUT2D eigenvalue weighted by Crippen LogP contribution is 2.52. The summed E-state index contributed by atoms with van der Waals surface area (Å²) in [5.74, 6) is 2.68. The van der Waals surface area contributed by atoms with Gasteiger partial charge in [0.25, 0.3) is 0 Å². The van der Waals surface area contributed by atoms with Crippen LogP contribution in [0.2, 0.25) is 0 Å². The first-order valence-corrected chi connectivity index (χ1v) is 12.7. The molecule has 0 saturated carbocycles. The third-order valence-corrected chi connectivity index (χ3v) is 8.86. The second-order valence-corrected chi connectivity index (χ2v) is 10.6. The normalized spacial score (nSPS) is 15.9. The summed E-state index contributed by atoms with van der Waals surface area (Å²) in [5, 5.41) is 1.57. The Labute approximate surface area is 197 Å². The average molecular weight is 461 g/mol. The maximum absolute atomic E-state index is 14.6. The third-order valence-electron chi connectivity index (χ3n) is 5.83. The molecule has 0 spiro atoms. The fraction of sp³-hybridized carbons (Fsp3) is 0. The maximum Gasteiger partial charge on any atom is 0.189 e. The Morgan fingerprint density at radius 2 is 1.18 bits per heavy atom. The molecule has 5 heteroatoms. The summed E-state index contributed by atoms with van der Waals surface area (Å²) in [6, 6.07) is 36.3. The Balaban J connectivity index is 1.37. The highest BCUT2D eigenvalue weighted by atomic mass is 31.2. The van der Waals surface area contributed by atoms with Crippen LogP contribution in [0, 0.1) is 0 Å². The van der Waals surface area contributed by atoms with Crippen molar-refractivity contribution < 1.29 is 14.0 Å². The van der Waals surface area contributed by atoms with Gasteiger partial charge in [0.2, 0.25) is 0 Å². The zero-order chi connectivity index (χ0) is 23.0. The van der Waals surface area contributed by atoms with Gasteiger partial charge in [0.15, 0.2) is 7.14 Å². The van der Waals surface area contributed by atoms with Crippen molar-refractivity contribution in [2.24, 2.45) is 0 Å². The van der Waals surface area contributed by atoms with Crippen molar-refractivity contribution in [1.82, 2.24) is 4.98 Å². The number of fused-ring (bicyclic) bond motifs is 3. The van der Waals surface area contributed by atoms with E-state index in [4.69, 9.17) is 9.47 Å². The summed E-state index contributed by atoms with van der Waals surface area (Å²) in [5.41, 5.74) is 2.52. The molecule has 1 aliphatic rings. The standard InChI is InChI=1S/C29H20NO3P/c31-34(29-15-6-7-18-30-29)27-14-5-4-13-25(27)26-17-16-24(20-28(26)34)33-23-12-8-11-22(19-23)32-21-9-2-1-3-10-21/h1-20H. The molecule has 0 aliphatic carbocycles. The predicted molar refractivity (Wildman–Crippen MR) is 136 cm³/mol. The number of hydrogen-bond donors (Lipinski definition) is 0. The van der Waals surface area contributed by atoms with Crippen LogP contribution in [0.25, 0.3) is 11.1 Å². The van der Waals surface area contributed by atoms with Crippen LogP contribution < -0.4 is 25.5 Å². The quantitative estimate of drug-likeness (QED) is 0.283. The fourth-order valence-electron chi connectivity index (χ4n) is 4.32. The van der Waals surface area contributed by atoms with Crippen molar-refractivity contribution >= 4 is 23.2 Å². The summed E-state index contributed by atoms with van der Waals surface area (Å²) in [4.78, 5) is 4.47. The predicted octanol–water partition coefficient (Wildman–Crippen LogP) is 6.29. The molecule has 1 aromatic heterocycles. The molecule has 0 radical (unpaired) electrons. The molecule has 4 aromatic carbocycles. The van der Waals surface area contributed by atoms with E-state index in [-0.39, 0.29) is 0 Å². The second-order valence-electron chi connectivity index (χ2n) is 7.99. The minimum Gasteiger partial charge on any atom is -0.457 e. The van der Waals surface area contributed by atoms with E-state index in [0.717, 1.165) is 27.5 Å². The monoisotopic (exact) mass is 461 g/mol. The Kier molecular flexibility index (Phi) is 5.01. The summed E-state index contributed by atoms with van der Waals surface area (Å²) in [7, 11) is -3.11. The fourth-order valence-corrected chi connectivity index (χ4v) is 7.27. The third kappa shape index (κ3) is 3.49. The molecule has 164 valence electrons. The minimum atomic E-state index is -3.11. The number of aromatic nitrogens is 1. The molecule has 0 amide bonds. The van der Waals surface area contributed by atoms with Crippen molar-refractivity contribution in [3.8, 4) is 34.1 Å². The Morgan fingerprint density at radius 3 is 1.97 bits per heavy atom. The number of benzene rings is 4. The van der Waals surface area contributed by atoms with Crippen molar-refractivity contribution in [3.05, 3.63) is 121 Å². The summed E-state index contributed by atoms with van der Waals surface area (Å²) < 4.78 is 26.7. The van der Waals surface area contributed by atoms with Crippen LogP contribution in [0.4, 0.5) is 0 Å². The van der Waals surface area contributed by atoms with Crippen LogP contribution in [0.3, 0.4) is 0 Å². The van der Waals surface area contributed by atoms with Crippen LogP contribution >= 0.6 is 7.14 Å². The summed E-state index contributed by atoms with van der Waals surface area (Å²) in [6.45, 7) is 0. The molecule has 34 heavy (non-hydrogen) atoms. The Morgan fingerprint density at radius 1 is 0.529 bits per heavy atom. The topological polar surface area (TPSA) is 48.4 Å². The van der Waals surface area contributed by atoms with Gasteiger partial charge in [-0.2, -0.15) is 0 Å². The van der Waals surface area contributed by atoms with Gasteiger partial charge in [0.05, 0.1) is 0 Å². The van der Waals surface area contributed by atoms with Crippen molar-refractivity contribution in [1.29, 1.82) is 0 Å². The SMILES string of the molecule is O=P1(c2ccccn2)c2ccccc2-c2ccc(Oc3cccc(Oc4ccccc4)c3)cc21. The van der Waals surface area contributed by atoms with E-state index in [1.807, 2.05) is 115 Å². The largest absolute Gasteiger partial charge is 0.457 e. The van der Waals surface area contributed by atoms with E-state index in [1.54, 1.807) is 6.20 Å². The molecule has 4 nitrogen and oxygen atoms in total. The molecular formula is C29H20NO3P.